The summed E-state index contributed by atoms with van der Waals surface area (Å²) in [7, 11) is 0. The molecule has 3 N–H and O–H groups in total. The van der Waals surface area contributed by atoms with Crippen LogP contribution in [-0.2, 0) is 9.53 Å². The SMILES string of the molecule is CCCCC[C@H](O)CC[C@@H]1[C@@H](C/C=C\CCCC(=O)OC2CCCCC2)[C@H](O)C[C@H]1O. The summed E-state index contributed by atoms with van der Waals surface area (Å²) in [6, 6.07) is 0. The molecule has 31 heavy (non-hydrogen) atoms. The van der Waals surface area contributed by atoms with Gasteiger partial charge in [-0.1, -0.05) is 44.8 Å². The van der Waals surface area contributed by atoms with E-state index in [1.165, 1.54) is 19.3 Å². The van der Waals surface area contributed by atoms with Crippen LogP contribution in [0, 0.1) is 11.8 Å². The number of unbranched alkanes of at least 4 members (excludes halogenated alkanes) is 3. The van der Waals surface area contributed by atoms with Gasteiger partial charge in [0.2, 0.25) is 0 Å². The Labute approximate surface area is 189 Å². The third-order valence-corrected chi connectivity index (χ3v) is 7.17. The lowest BCUT2D eigenvalue weighted by molar-refractivity contribution is -0.150. The molecule has 0 unspecified atom stereocenters. The second kappa shape index (κ2) is 15.0. The van der Waals surface area contributed by atoms with Gasteiger partial charge in [0, 0.05) is 6.42 Å². The van der Waals surface area contributed by atoms with E-state index < -0.39 is 12.2 Å². The molecule has 0 bridgehead atoms. The van der Waals surface area contributed by atoms with Crippen molar-refractivity contribution < 1.29 is 24.9 Å². The molecule has 5 atom stereocenters. The lowest BCUT2D eigenvalue weighted by Gasteiger charge is -2.23. The molecule has 2 aliphatic rings. The zero-order valence-electron chi connectivity index (χ0n) is 19.6. The highest BCUT2D eigenvalue weighted by Gasteiger charge is 2.40. The summed E-state index contributed by atoms with van der Waals surface area (Å²) in [6.45, 7) is 2.16. The lowest BCUT2D eigenvalue weighted by atomic mass is 9.85. The Kier molecular flexibility index (Phi) is 12.8. The molecule has 0 aliphatic heterocycles. The highest BCUT2D eigenvalue weighted by molar-refractivity contribution is 5.69. The van der Waals surface area contributed by atoms with Crippen molar-refractivity contribution in [3.63, 3.8) is 0 Å². The van der Waals surface area contributed by atoms with Crippen LogP contribution in [0.25, 0.3) is 0 Å². The molecule has 180 valence electrons. The summed E-state index contributed by atoms with van der Waals surface area (Å²) < 4.78 is 5.55. The van der Waals surface area contributed by atoms with Crippen LogP contribution in [0.5, 0.6) is 0 Å². The Morgan fingerprint density at radius 1 is 1.00 bits per heavy atom. The maximum Gasteiger partial charge on any atom is 0.306 e. The second-order valence-corrected chi connectivity index (χ2v) is 9.77. The maximum atomic E-state index is 12.0. The van der Waals surface area contributed by atoms with Crippen molar-refractivity contribution in [2.24, 2.45) is 11.8 Å². The van der Waals surface area contributed by atoms with E-state index >= 15 is 0 Å². The van der Waals surface area contributed by atoms with Crippen LogP contribution in [-0.4, -0.2) is 45.7 Å². The standard InChI is InChI=1S/C26H46O5/c1-2-3-7-12-20(27)17-18-23-22(24(28)19-25(23)29)15-10-4-5-11-16-26(30)31-21-13-8-6-9-14-21/h4,10,20-25,27-29H,2-3,5-9,11-19H2,1H3/b10-4-/t20-,22+,23+,24+,25+/m0/s1. The fourth-order valence-corrected chi connectivity index (χ4v) is 5.23. The smallest absolute Gasteiger partial charge is 0.306 e. The number of carbonyl (C=O) groups excluding carboxylic acids is 1. The average Bonchev–Trinajstić information content (AvgIpc) is 3.02. The third-order valence-electron chi connectivity index (χ3n) is 7.17. The topological polar surface area (TPSA) is 87.0 Å². The first kappa shape index (κ1) is 26.3. The van der Waals surface area contributed by atoms with E-state index in [-0.39, 0.29) is 30.0 Å². The number of aliphatic hydroxyl groups is 3. The number of ether oxygens (including phenoxy) is 1. The Hall–Kier alpha value is -0.910. The minimum Gasteiger partial charge on any atom is -0.462 e. The number of aliphatic hydroxyl groups excluding tert-OH is 3. The Morgan fingerprint density at radius 2 is 1.74 bits per heavy atom. The van der Waals surface area contributed by atoms with Gasteiger partial charge in [-0.3, -0.25) is 4.79 Å². The molecular weight excluding hydrogens is 392 g/mol. The second-order valence-electron chi connectivity index (χ2n) is 9.77. The van der Waals surface area contributed by atoms with E-state index in [1.807, 2.05) is 0 Å². The van der Waals surface area contributed by atoms with Crippen molar-refractivity contribution in [3.05, 3.63) is 12.2 Å². The fourth-order valence-electron chi connectivity index (χ4n) is 5.23. The predicted octanol–water partition coefficient (Wildman–Crippen LogP) is 5.06. The van der Waals surface area contributed by atoms with Crippen molar-refractivity contribution in [3.8, 4) is 0 Å². The molecule has 0 heterocycles. The minimum atomic E-state index is -0.481. The molecule has 0 spiro atoms. The zero-order chi connectivity index (χ0) is 22.5. The molecule has 5 nitrogen and oxygen atoms in total. The Bertz CT molecular complexity index is 514. The predicted molar refractivity (Wildman–Crippen MR) is 124 cm³/mol. The highest BCUT2D eigenvalue weighted by Crippen LogP contribution is 2.38. The first-order chi connectivity index (χ1) is 15.0. The van der Waals surface area contributed by atoms with Gasteiger partial charge in [0.05, 0.1) is 18.3 Å². The molecule has 2 fully saturated rings. The summed E-state index contributed by atoms with van der Waals surface area (Å²) in [6.07, 6.45) is 17.5. The van der Waals surface area contributed by atoms with Gasteiger partial charge in [0.1, 0.15) is 6.10 Å². The van der Waals surface area contributed by atoms with Crippen LogP contribution in [0.1, 0.15) is 110 Å². The number of esters is 1. The van der Waals surface area contributed by atoms with Gasteiger partial charge in [0.25, 0.3) is 0 Å². The van der Waals surface area contributed by atoms with E-state index in [0.29, 0.717) is 19.3 Å². The van der Waals surface area contributed by atoms with E-state index in [2.05, 4.69) is 19.1 Å². The van der Waals surface area contributed by atoms with Gasteiger partial charge in [-0.2, -0.15) is 0 Å². The van der Waals surface area contributed by atoms with E-state index in [9.17, 15) is 20.1 Å². The molecule has 2 rings (SSSR count). The quantitative estimate of drug-likeness (QED) is 0.200. The zero-order valence-corrected chi connectivity index (χ0v) is 19.6. The minimum absolute atomic E-state index is 0.0466. The molecule has 2 saturated carbocycles. The summed E-state index contributed by atoms with van der Waals surface area (Å²) in [5.41, 5.74) is 0. The lowest BCUT2D eigenvalue weighted by Crippen LogP contribution is -2.23. The number of carbonyl (C=O) groups is 1. The molecular formula is C26H46O5. The summed E-state index contributed by atoms with van der Waals surface area (Å²) in [4.78, 5) is 12.0. The van der Waals surface area contributed by atoms with Gasteiger partial charge in [0.15, 0.2) is 0 Å². The van der Waals surface area contributed by atoms with Crippen LogP contribution in [0.3, 0.4) is 0 Å². The molecule has 0 amide bonds. The molecule has 2 aliphatic carbocycles. The Balaban J connectivity index is 1.63. The van der Waals surface area contributed by atoms with E-state index in [1.54, 1.807) is 0 Å². The fraction of sp³-hybridized carbons (Fsp3) is 0.885. The van der Waals surface area contributed by atoms with Crippen molar-refractivity contribution in [1.29, 1.82) is 0 Å². The van der Waals surface area contributed by atoms with Crippen LogP contribution in [0.2, 0.25) is 0 Å². The summed E-state index contributed by atoms with van der Waals surface area (Å²) >= 11 is 0. The molecule has 0 saturated heterocycles. The first-order valence-electron chi connectivity index (χ1n) is 12.9. The van der Waals surface area contributed by atoms with E-state index in [4.69, 9.17) is 4.74 Å². The van der Waals surface area contributed by atoms with Gasteiger partial charge in [-0.05, 0) is 82.5 Å². The van der Waals surface area contributed by atoms with Crippen LogP contribution in [0.15, 0.2) is 12.2 Å². The normalized spacial score (nSPS) is 28.3. The number of hydrogen-bond acceptors (Lipinski definition) is 5. The van der Waals surface area contributed by atoms with Crippen molar-refractivity contribution in [2.75, 3.05) is 0 Å². The van der Waals surface area contributed by atoms with Crippen molar-refractivity contribution in [1.82, 2.24) is 0 Å². The molecule has 0 aromatic heterocycles. The Morgan fingerprint density at radius 3 is 2.48 bits per heavy atom. The van der Waals surface area contributed by atoms with Crippen LogP contribution in [0.4, 0.5) is 0 Å². The highest BCUT2D eigenvalue weighted by atomic mass is 16.5. The monoisotopic (exact) mass is 438 g/mol. The number of allylic oxidation sites excluding steroid dienone is 2. The molecule has 0 aromatic carbocycles. The largest absolute Gasteiger partial charge is 0.462 e. The van der Waals surface area contributed by atoms with Gasteiger partial charge >= 0.3 is 5.97 Å². The van der Waals surface area contributed by atoms with Crippen molar-refractivity contribution >= 4 is 5.97 Å². The number of rotatable bonds is 14. The summed E-state index contributed by atoms with van der Waals surface area (Å²) in [5.74, 6) is 0.0171. The summed E-state index contributed by atoms with van der Waals surface area (Å²) in [5, 5.41) is 31.0. The third kappa shape index (κ3) is 10.0. The molecule has 5 heteroatoms. The van der Waals surface area contributed by atoms with Crippen LogP contribution < -0.4 is 0 Å². The average molecular weight is 439 g/mol. The van der Waals surface area contributed by atoms with Gasteiger partial charge in [-0.15, -0.1) is 0 Å². The van der Waals surface area contributed by atoms with Gasteiger partial charge < -0.3 is 20.1 Å². The number of hydrogen-bond donors (Lipinski definition) is 3. The van der Waals surface area contributed by atoms with Crippen molar-refractivity contribution in [2.45, 2.75) is 134 Å². The molecule has 0 radical (unpaired) electrons. The molecule has 0 aromatic rings. The maximum absolute atomic E-state index is 12.0. The first-order valence-corrected chi connectivity index (χ1v) is 12.9. The van der Waals surface area contributed by atoms with E-state index in [0.717, 1.165) is 64.2 Å². The van der Waals surface area contributed by atoms with Crippen LogP contribution >= 0.6 is 0 Å². The van der Waals surface area contributed by atoms with Gasteiger partial charge in [-0.25, -0.2) is 0 Å².